The maximum absolute atomic E-state index is 12.4. The first-order chi connectivity index (χ1) is 29.1. The summed E-state index contributed by atoms with van der Waals surface area (Å²) in [7, 11) is 0.870. The second-order valence-corrected chi connectivity index (χ2v) is 18.9. The highest BCUT2D eigenvalue weighted by Crippen LogP contribution is 2.54. The van der Waals surface area contributed by atoms with Crippen molar-refractivity contribution in [2.45, 2.75) is 71.6 Å². The van der Waals surface area contributed by atoms with Crippen LogP contribution in [0.1, 0.15) is 64.2 Å². The third kappa shape index (κ3) is 6.85. The Balaban J connectivity index is 0.000000168. The second kappa shape index (κ2) is 16.0. The van der Waals surface area contributed by atoms with Crippen molar-refractivity contribution in [3.05, 3.63) is 178 Å². The van der Waals surface area contributed by atoms with Gasteiger partial charge in [0.15, 0.2) is 0 Å². The van der Waals surface area contributed by atoms with E-state index in [0.717, 1.165) is 70.9 Å². The number of nitrogens with zero attached hydrogens (tertiary/aromatic N) is 1. The third-order valence-corrected chi connectivity index (χ3v) is 15.5. The van der Waals surface area contributed by atoms with E-state index in [9.17, 15) is 9.90 Å². The van der Waals surface area contributed by atoms with Crippen molar-refractivity contribution < 1.29 is 24.1 Å². The molecule has 1 spiro atoms. The first kappa shape index (κ1) is 39.6. The van der Waals surface area contributed by atoms with Crippen molar-refractivity contribution >= 4 is 35.4 Å². The summed E-state index contributed by atoms with van der Waals surface area (Å²) in [4.78, 5) is 14.1. The number of β-lactam (4-membered cyclic amide) rings is 1. The summed E-state index contributed by atoms with van der Waals surface area (Å²) in [5.74, 6) is 3.17. The molecule has 1 N–H and O–H groups in total. The second-order valence-electron chi connectivity index (χ2n) is 16.7. The molecule has 60 heavy (non-hydrogen) atoms. The summed E-state index contributed by atoms with van der Waals surface area (Å²) >= 11 is 0. The fourth-order valence-corrected chi connectivity index (χ4v) is 12.1. The number of hydrogen-bond acceptors (Lipinski definition) is 5. The zero-order valence-corrected chi connectivity index (χ0v) is 36.0. The maximum atomic E-state index is 12.4. The largest absolute Gasteiger partial charge is 0.508 e. The lowest BCUT2D eigenvalue weighted by Gasteiger charge is -2.54. The first-order valence-corrected chi connectivity index (χ1v) is 22.4. The van der Waals surface area contributed by atoms with Gasteiger partial charge in [-0.3, -0.25) is 9.69 Å². The number of aromatic hydroxyl groups is 1. The molecule has 2 fully saturated rings. The minimum Gasteiger partial charge on any atom is -0.508 e. The van der Waals surface area contributed by atoms with Gasteiger partial charge in [0.2, 0.25) is 0 Å². The highest BCUT2D eigenvalue weighted by molar-refractivity contribution is 7.80. The fourth-order valence-electron chi connectivity index (χ4n) is 9.72. The van der Waals surface area contributed by atoms with Gasteiger partial charge in [0.25, 0.3) is 11.7 Å². The molecule has 304 valence electrons. The molecule has 0 aromatic heterocycles. The van der Waals surface area contributed by atoms with Gasteiger partial charge in [-0.05, 0) is 123 Å². The number of carbonyl (C=O) groups is 1. The number of phenols is 1. The number of hydrogen-bond donors (Lipinski definition) is 1. The molecule has 3 aliphatic heterocycles. The molecular formula is C53H52NO5P. The quantitative estimate of drug-likeness (QED) is 0.103. The number of benzene rings is 6. The van der Waals surface area contributed by atoms with Crippen LogP contribution in [0.15, 0.2) is 140 Å². The van der Waals surface area contributed by atoms with Gasteiger partial charge in [0, 0.05) is 34.5 Å². The monoisotopic (exact) mass is 813 g/mol. The number of para-hydroxylation sites is 2. The Labute approximate surface area is 355 Å². The zero-order valence-electron chi connectivity index (χ0n) is 35.1. The summed E-state index contributed by atoms with van der Waals surface area (Å²) in [5, 5.41) is 14.0. The predicted molar refractivity (Wildman–Crippen MR) is 243 cm³/mol. The van der Waals surface area contributed by atoms with Gasteiger partial charge in [-0.15, -0.1) is 0 Å². The van der Waals surface area contributed by atoms with E-state index in [1.54, 1.807) is 18.1 Å². The summed E-state index contributed by atoms with van der Waals surface area (Å²) in [6.07, 6.45) is 5.63. The molecule has 3 heterocycles. The molecule has 1 aliphatic carbocycles. The highest BCUT2D eigenvalue weighted by Gasteiger charge is 2.57. The SMILES string of the molecule is C=C1C(=O)N(c2cc(C)c(C)c(OC)c2)[C@H]1c1ccc(C)c(O)c1.Cc1cccc2c1O[C@]13Oc4c(cccc4P(c4ccccc4)c4ccccc4)C[C@H]1CCC[C@@H]3C2. The van der Waals surface area contributed by atoms with Crippen LogP contribution < -0.4 is 35.0 Å². The summed E-state index contributed by atoms with van der Waals surface area (Å²) in [6.45, 7) is 11.9. The van der Waals surface area contributed by atoms with E-state index in [-0.39, 0.29) is 17.7 Å². The number of rotatable bonds is 6. The number of phenolic OH excluding ortho intramolecular Hbond substituents is 1. The maximum Gasteiger partial charge on any atom is 0.257 e. The standard InChI is InChI=1S/C33H31O2P.C20H21NO3/c1-23-11-8-12-24-21-26-14-10-15-27-22-25-13-9-20-30(32(25)35-33(26,27)34-31(23)24)36(28-16-4-2-5-17-28)29-18-6-3-7-19-29;1-11-6-7-15(9-17(11)22)19-14(4)20(23)21(19)16-8-12(2)13(3)18(10-16)24-5/h2-9,11-13,16-20,26-27H,10,14-15,21-22H2,1H3;6-10,19,22H,4H2,1-3,5H3/t26-,27-,33-;19-/m11/s1. The van der Waals surface area contributed by atoms with Crippen LogP contribution in [0.25, 0.3) is 0 Å². The summed E-state index contributed by atoms with van der Waals surface area (Å²) in [5.41, 5.74) is 8.94. The lowest BCUT2D eigenvalue weighted by atomic mass is 9.68. The van der Waals surface area contributed by atoms with E-state index >= 15 is 0 Å². The number of methoxy groups -OCH3 is 1. The summed E-state index contributed by atoms with van der Waals surface area (Å²) < 4.78 is 19.8. The van der Waals surface area contributed by atoms with Crippen molar-refractivity contribution in [2.24, 2.45) is 11.8 Å². The van der Waals surface area contributed by atoms with Gasteiger partial charge in [-0.2, -0.15) is 0 Å². The van der Waals surface area contributed by atoms with E-state index in [2.05, 4.69) is 111 Å². The predicted octanol–water partition coefficient (Wildman–Crippen LogP) is 10.4. The van der Waals surface area contributed by atoms with Crippen LogP contribution in [-0.2, 0) is 17.6 Å². The lowest BCUT2D eigenvalue weighted by Crippen LogP contribution is -2.62. The Hall–Kier alpha value is -5.84. The van der Waals surface area contributed by atoms with Gasteiger partial charge in [-0.25, -0.2) is 0 Å². The molecule has 0 radical (unpaired) electrons. The van der Waals surface area contributed by atoms with Crippen molar-refractivity contribution in [1.29, 1.82) is 0 Å². The van der Waals surface area contributed by atoms with Gasteiger partial charge >= 0.3 is 0 Å². The Kier molecular flexibility index (Phi) is 10.5. The Bertz CT molecular complexity index is 2570. The Morgan fingerprint density at radius 2 is 1.33 bits per heavy atom. The molecule has 1 saturated carbocycles. The van der Waals surface area contributed by atoms with Gasteiger partial charge in [0.1, 0.15) is 23.0 Å². The van der Waals surface area contributed by atoms with Crippen LogP contribution >= 0.6 is 7.92 Å². The van der Waals surface area contributed by atoms with E-state index in [0.29, 0.717) is 17.4 Å². The molecule has 0 bridgehead atoms. The zero-order chi connectivity index (χ0) is 41.7. The topological polar surface area (TPSA) is 68.2 Å². The molecule has 10 rings (SSSR count). The number of fused-ring (bicyclic) bond motifs is 2. The Morgan fingerprint density at radius 3 is 1.97 bits per heavy atom. The van der Waals surface area contributed by atoms with E-state index in [1.807, 2.05) is 45.0 Å². The average molecular weight is 814 g/mol. The number of carbonyl (C=O) groups excluding carboxylic acids is 1. The van der Waals surface area contributed by atoms with Crippen LogP contribution in [0.5, 0.6) is 23.0 Å². The number of ether oxygens (including phenoxy) is 3. The van der Waals surface area contributed by atoms with Crippen LogP contribution in [0, 0.1) is 39.5 Å². The van der Waals surface area contributed by atoms with Crippen LogP contribution in [-0.4, -0.2) is 23.9 Å². The molecular weight excluding hydrogens is 762 g/mol. The fraction of sp³-hybridized carbons (Fsp3) is 0.264. The van der Waals surface area contributed by atoms with E-state index in [1.165, 1.54) is 39.0 Å². The molecule has 6 nitrogen and oxygen atoms in total. The molecule has 0 unspecified atom stereocenters. The molecule has 4 atom stereocenters. The van der Waals surface area contributed by atoms with Crippen molar-refractivity contribution in [3.63, 3.8) is 0 Å². The number of amides is 1. The van der Waals surface area contributed by atoms with Gasteiger partial charge in [0.05, 0.1) is 13.2 Å². The first-order valence-electron chi connectivity index (χ1n) is 21.0. The van der Waals surface area contributed by atoms with Crippen molar-refractivity contribution in [1.82, 2.24) is 0 Å². The van der Waals surface area contributed by atoms with Gasteiger partial charge in [-0.1, -0.05) is 122 Å². The van der Waals surface area contributed by atoms with Crippen molar-refractivity contribution in [3.8, 4) is 23.0 Å². The average Bonchev–Trinajstić information content (AvgIpc) is 3.26. The molecule has 4 aliphatic rings. The van der Waals surface area contributed by atoms with Crippen LogP contribution in [0.3, 0.4) is 0 Å². The molecule has 6 aromatic rings. The van der Waals surface area contributed by atoms with Crippen LogP contribution in [0.4, 0.5) is 5.69 Å². The highest BCUT2D eigenvalue weighted by atomic mass is 31.1. The molecule has 1 saturated heterocycles. The van der Waals surface area contributed by atoms with Crippen molar-refractivity contribution in [2.75, 3.05) is 12.0 Å². The van der Waals surface area contributed by atoms with E-state index in [4.69, 9.17) is 14.2 Å². The normalized spacial score (nSPS) is 21.2. The number of aryl methyl sites for hydroxylation is 3. The minimum absolute atomic E-state index is 0.106. The molecule has 6 aromatic carbocycles. The Morgan fingerprint density at radius 1 is 0.717 bits per heavy atom. The third-order valence-electron chi connectivity index (χ3n) is 13.1. The molecule has 7 heteroatoms. The lowest BCUT2D eigenvalue weighted by molar-refractivity contribution is -0.225. The molecule has 1 amide bonds. The smallest absolute Gasteiger partial charge is 0.257 e. The van der Waals surface area contributed by atoms with Gasteiger partial charge < -0.3 is 19.3 Å². The summed E-state index contributed by atoms with van der Waals surface area (Å²) in [6, 6.07) is 44.3. The van der Waals surface area contributed by atoms with E-state index < -0.39 is 13.7 Å². The minimum atomic E-state index is -0.752. The number of anilines is 1. The van der Waals surface area contributed by atoms with Crippen LogP contribution in [0.2, 0.25) is 0 Å².